The van der Waals surface area contributed by atoms with E-state index in [1.807, 2.05) is 0 Å². The molecule has 18 heavy (non-hydrogen) atoms. The fraction of sp³-hybridized carbons (Fsp3) is 0.250. The van der Waals surface area contributed by atoms with Crippen LogP contribution in [0.2, 0.25) is 0 Å². The number of nitrogens with one attached hydrogen (secondary N) is 2. The Balaban J connectivity index is 2.94. The molecule has 0 bridgehead atoms. The summed E-state index contributed by atoms with van der Waals surface area (Å²) in [6.45, 7) is 0. The number of sulfonamides is 2. The molecule has 1 aromatic rings. The van der Waals surface area contributed by atoms with Crippen molar-refractivity contribution in [3.05, 3.63) is 24.3 Å². The first kappa shape index (κ1) is 15.7. The third kappa shape index (κ3) is 5.12. The molecule has 0 radical (unpaired) electrons. The Kier molecular flexibility index (Phi) is 5.44. The Hall–Kier alpha value is -0.320. The summed E-state index contributed by atoms with van der Waals surface area (Å²) in [7, 11) is -6.92. The topological polar surface area (TPSA) is 92.3 Å². The van der Waals surface area contributed by atoms with Crippen molar-refractivity contribution in [1.82, 2.24) is 0 Å². The van der Waals surface area contributed by atoms with Gasteiger partial charge in [0.2, 0.25) is 20.0 Å². The molecular weight excluding hydrogens is 412 g/mol. The summed E-state index contributed by atoms with van der Waals surface area (Å²) in [6, 6.07) is 5.97. The second-order valence-electron chi connectivity index (χ2n) is 3.23. The van der Waals surface area contributed by atoms with E-state index in [-0.39, 0.29) is 20.7 Å². The number of anilines is 2. The molecule has 0 spiro atoms. The lowest BCUT2D eigenvalue weighted by Crippen LogP contribution is -2.15. The predicted octanol–water partition coefficient (Wildman–Crippen LogP) is 1.87. The van der Waals surface area contributed by atoms with Crippen molar-refractivity contribution in [3.63, 3.8) is 0 Å². The van der Waals surface area contributed by atoms with Crippen molar-refractivity contribution in [1.29, 1.82) is 0 Å². The SMILES string of the molecule is O=S(=O)(CBr)Nc1cccc(NS(=O)(=O)CBr)c1. The fourth-order valence-corrected chi connectivity index (χ4v) is 2.83. The van der Waals surface area contributed by atoms with Crippen LogP contribution in [0.25, 0.3) is 0 Å². The standard InChI is InChI=1S/C8H10Br2N2O4S2/c9-5-17(13,14)11-7-2-1-3-8(4-7)12-18(15,16)6-10/h1-4,11-12H,5-6H2. The minimum absolute atomic E-state index is 0.239. The van der Waals surface area contributed by atoms with Gasteiger partial charge in [0.15, 0.2) is 0 Å². The van der Waals surface area contributed by atoms with Gasteiger partial charge in [-0.05, 0) is 18.2 Å². The molecular formula is C8H10Br2N2O4S2. The number of rotatable bonds is 6. The highest BCUT2D eigenvalue weighted by atomic mass is 79.9. The van der Waals surface area contributed by atoms with Crippen LogP contribution in [0.1, 0.15) is 0 Å². The quantitative estimate of drug-likeness (QED) is 0.685. The molecule has 1 aromatic carbocycles. The van der Waals surface area contributed by atoms with Gasteiger partial charge < -0.3 is 0 Å². The van der Waals surface area contributed by atoms with E-state index in [1.165, 1.54) is 24.3 Å². The van der Waals surface area contributed by atoms with Crippen molar-refractivity contribution >= 4 is 63.3 Å². The number of alkyl halides is 2. The van der Waals surface area contributed by atoms with Gasteiger partial charge in [0.25, 0.3) is 0 Å². The Morgan fingerprint density at radius 1 is 0.889 bits per heavy atom. The monoisotopic (exact) mass is 420 g/mol. The lowest BCUT2D eigenvalue weighted by atomic mass is 10.3. The smallest absolute Gasteiger partial charge is 0.242 e. The van der Waals surface area contributed by atoms with Gasteiger partial charge in [0.05, 0.1) is 11.4 Å². The van der Waals surface area contributed by atoms with Gasteiger partial charge in [-0.1, -0.05) is 37.9 Å². The molecule has 0 saturated carbocycles. The van der Waals surface area contributed by atoms with Crippen molar-refractivity contribution in [3.8, 4) is 0 Å². The van der Waals surface area contributed by atoms with Gasteiger partial charge in [-0.15, -0.1) is 0 Å². The minimum Gasteiger partial charge on any atom is -0.283 e. The Morgan fingerprint density at radius 3 is 1.61 bits per heavy atom. The number of benzene rings is 1. The molecule has 0 aliphatic carbocycles. The third-order valence-electron chi connectivity index (χ3n) is 1.70. The average molecular weight is 422 g/mol. The first-order chi connectivity index (χ1) is 8.28. The molecule has 0 unspecified atom stereocenters. The van der Waals surface area contributed by atoms with Crippen LogP contribution in [-0.2, 0) is 20.0 Å². The second kappa shape index (κ2) is 6.22. The van der Waals surface area contributed by atoms with Crippen LogP contribution >= 0.6 is 31.9 Å². The molecule has 0 fully saturated rings. The molecule has 1 rings (SSSR count). The van der Waals surface area contributed by atoms with Gasteiger partial charge in [-0.3, -0.25) is 9.44 Å². The van der Waals surface area contributed by atoms with Gasteiger partial charge in [-0.2, -0.15) is 0 Å². The highest BCUT2D eigenvalue weighted by Crippen LogP contribution is 2.18. The van der Waals surface area contributed by atoms with Gasteiger partial charge in [-0.25, -0.2) is 16.8 Å². The summed E-state index contributed by atoms with van der Waals surface area (Å²) in [5.41, 5.74) is 0.563. The summed E-state index contributed by atoms with van der Waals surface area (Å²) in [4.78, 5) is 0. The number of halogens is 2. The molecule has 0 saturated heterocycles. The maximum Gasteiger partial charge on any atom is 0.242 e. The summed E-state index contributed by atoms with van der Waals surface area (Å²) in [6.07, 6.45) is 0. The summed E-state index contributed by atoms with van der Waals surface area (Å²) in [5.74, 6) is 0. The summed E-state index contributed by atoms with van der Waals surface area (Å²) >= 11 is 5.68. The highest BCUT2D eigenvalue weighted by molar-refractivity contribution is 9.11. The first-order valence-corrected chi connectivity index (χ1v) is 10.1. The van der Waals surface area contributed by atoms with Crippen LogP contribution in [0.5, 0.6) is 0 Å². The predicted molar refractivity (Wildman–Crippen MR) is 79.1 cm³/mol. The van der Waals surface area contributed by atoms with Crippen molar-refractivity contribution in [2.45, 2.75) is 0 Å². The lowest BCUT2D eigenvalue weighted by Gasteiger charge is -2.09. The zero-order valence-corrected chi connectivity index (χ0v) is 13.7. The zero-order valence-electron chi connectivity index (χ0n) is 8.93. The molecule has 2 N–H and O–H groups in total. The zero-order chi connectivity index (χ0) is 13.8. The minimum atomic E-state index is -3.46. The van der Waals surface area contributed by atoms with Crippen LogP contribution in [0.3, 0.4) is 0 Å². The third-order valence-corrected chi connectivity index (χ3v) is 6.98. The van der Waals surface area contributed by atoms with Crippen LogP contribution in [0.15, 0.2) is 24.3 Å². The van der Waals surface area contributed by atoms with E-state index in [1.54, 1.807) is 0 Å². The van der Waals surface area contributed by atoms with E-state index in [0.717, 1.165) is 0 Å². The van der Waals surface area contributed by atoms with Crippen LogP contribution in [0, 0.1) is 0 Å². The van der Waals surface area contributed by atoms with Gasteiger partial charge in [0, 0.05) is 0 Å². The number of hydrogen-bond donors (Lipinski definition) is 2. The summed E-state index contributed by atoms with van der Waals surface area (Å²) in [5, 5.41) is 0. The van der Waals surface area contributed by atoms with Crippen LogP contribution in [-0.4, -0.2) is 26.2 Å². The van der Waals surface area contributed by atoms with Gasteiger partial charge in [0.1, 0.15) is 9.32 Å². The molecule has 0 aliphatic heterocycles. The Labute approximate surface area is 123 Å². The fourth-order valence-electron chi connectivity index (χ4n) is 1.06. The highest BCUT2D eigenvalue weighted by Gasteiger charge is 2.10. The van der Waals surface area contributed by atoms with E-state index < -0.39 is 20.0 Å². The first-order valence-electron chi connectivity index (χ1n) is 4.51. The Morgan fingerprint density at radius 2 is 1.28 bits per heavy atom. The summed E-state index contributed by atoms with van der Waals surface area (Å²) < 4.78 is 49.4. The molecule has 0 aromatic heterocycles. The molecule has 0 amide bonds. The van der Waals surface area contributed by atoms with E-state index in [2.05, 4.69) is 41.3 Å². The largest absolute Gasteiger partial charge is 0.283 e. The average Bonchev–Trinajstić information content (AvgIpc) is 2.28. The van der Waals surface area contributed by atoms with Crippen LogP contribution in [0.4, 0.5) is 11.4 Å². The second-order valence-corrected chi connectivity index (χ2v) is 9.28. The lowest BCUT2D eigenvalue weighted by molar-refractivity contribution is 0.604. The van der Waals surface area contributed by atoms with Crippen molar-refractivity contribution in [2.75, 3.05) is 18.8 Å². The maximum absolute atomic E-state index is 11.3. The molecule has 102 valence electrons. The normalized spacial score (nSPS) is 12.1. The number of hydrogen-bond acceptors (Lipinski definition) is 4. The molecule has 0 aliphatic rings. The molecule has 0 heterocycles. The van der Waals surface area contributed by atoms with E-state index in [0.29, 0.717) is 0 Å². The van der Waals surface area contributed by atoms with Crippen molar-refractivity contribution < 1.29 is 16.8 Å². The van der Waals surface area contributed by atoms with E-state index >= 15 is 0 Å². The van der Waals surface area contributed by atoms with Crippen LogP contribution < -0.4 is 9.44 Å². The maximum atomic E-state index is 11.3. The van der Waals surface area contributed by atoms with Gasteiger partial charge >= 0.3 is 0 Å². The Bertz CT molecular complexity index is 564. The van der Waals surface area contributed by atoms with E-state index in [4.69, 9.17) is 0 Å². The molecule has 6 nitrogen and oxygen atoms in total. The van der Waals surface area contributed by atoms with Crippen molar-refractivity contribution in [2.24, 2.45) is 0 Å². The molecule has 10 heteroatoms. The molecule has 0 atom stereocenters. The van der Waals surface area contributed by atoms with E-state index in [9.17, 15) is 16.8 Å².